The van der Waals surface area contributed by atoms with E-state index in [0.717, 1.165) is 99.7 Å². The Morgan fingerprint density at radius 2 is 0.349 bits per heavy atom. The standard InChI is InChI=1S/C14H34O5Si2.C12H32O4Si3.C10H28O3Si3.2C10H26O3Si2/c1-20(2,13-5-9-17-11-7-15)19-21(3,4)14-6-10-18-12-8-16;1-17(2,3)15-19(7,16-18(4,5)6)12-8-10-14-11-9-13;1-14(2,3)12-16(7,10-8-9-11)13-15(4,5)6;2*1-14(2,9-5-7-11)13-15(3,4)10-6-8-12/h15-16H,5-14H2,1-4H3;13H,8-12H2,1-7H3;11H,8-10H2,1-7H3;2*11-12H,5-10H2,1-4H3. The van der Waals surface area contributed by atoms with Crippen molar-refractivity contribution in [2.45, 2.75) is 270 Å². The zero-order valence-electron chi connectivity index (χ0n) is 60.9. The average molecular weight is 1440 g/mol. The highest BCUT2D eigenvalue weighted by atomic mass is 28.5. The zero-order valence-corrected chi connectivity index (χ0v) is 72.9. The van der Waals surface area contributed by atoms with Crippen molar-refractivity contribution in [2.24, 2.45) is 0 Å². The fourth-order valence-electron chi connectivity index (χ4n) is 10.0. The van der Waals surface area contributed by atoms with Crippen molar-refractivity contribution < 1.29 is 83.9 Å². The maximum atomic E-state index is 8.96. The summed E-state index contributed by atoms with van der Waals surface area (Å²) in [6, 6.07) is 8.16. The molecule has 0 aliphatic rings. The predicted octanol–water partition coefficient (Wildman–Crippen LogP) is 12.9. The van der Waals surface area contributed by atoms with Crippen molar-refractivity contribution in [3.05, 3.63) is 0 Å². The third-order valence-electron chi connectivity index (χ3n) is 12.0. The second kappa shape index (κ2) is 49.4. The van der Waals surface area contributed by atoms with Gasteiger partial charge in [-0.1, -0.05) is 0 Å². The molecule has 0 heterocycles. The van der Waals surface area contributed by atoms with Gasteiger partial charge in [0, 0.05) is 52.9 Å². The first-order chi connectivity index (χ1) is 38.9. The summed E-state index contributed by atoms with van der Waals surface area (Å²) in [7, 11) is -20.1. The smallest absolute Gasteiger partial charge is 0.314 e. The second-order valence-electron chi connectivity index (χ2n) is 30.4. The number of aliphatic hydroxyl groups excluding tert-OH is 8. The molecule has 526 valence electrons. The van der Waals surface area contributed by atoms with Gasteiger partial charge in [-0.05, 0) is 270 Å². The molecule has 0 amide bonds. The molecule has 8 N–H and O–H groups in total. The van der Waals surface area contributed by atoms with Crippen molar-refractivity contribution in [1.82, 2.24) is 0 Å². The van der Waals surface area contributed by atoms with Gasteiger partial charge in [0.2, 0.25) is 0 Å². The summed E-state index contributed by atoms with van der Waals surface area (Å²) >= 11 is 0. The summed E-state index contributed by atoms with van der Waals surface area (Å²) in [5.74, 6) is 0. The maximum absolute atomic E-state index is 8.96. The fraction of sp³-hybridized carbons (Fsp3) is 1.00. The zero-order chi connectivity index (χ0) is 68.3. The van der Waals surface area contributed by atoms with Crippen LogP contribution < -0.4 is 0 Å². The lowest BCUT2D eigenvalue weighted by atomic mass is 10.5. The SMILES string of the molecule is C[Si](C)(C)O[Si](C)(CCCO)O[Si](C)(C)C.C[Si](C)(C)O[Si](C)(CCCOCCO)O[Si](C)(C)C.C[Si](C)(CCCO)O[Si](C)(C)CCCO.C[Si](C)(CCCO)O[Si](C)(C)CCCO.C[Si](C)(CCCOCCO)O[Si](C)(C)CCCOCCO. The Balaban J connectivity index is -0.000000320. The van der Waals surface area contributed by atoms with E-state index < -0.39 is 100 Å². The molecule has 0 aliphatic heterocycles. The van der Waals surface area contributed by atoms with Crippen LogP contribution in [0.5, 0.6) is 0 Å². The van der Waals surface area contributed by atoms with Gasteiger partial charge in [-0.25, -0.2) is 0 Å². The molecule has 0 rings (SSSR count). The van der Waals surface area contributed by atoms with E-state index in [1.54, 1.807) is 0 Å². The van der Waals surface area contributed by atoms with E-state index in [0.29, 0.717) is 39.6 Å². The number of rotatable bonds is 47. The van der Waals surface area contributed by atoms with Crippen LogP contribution in [0.15, 0.2) is 0 Å². The van der Waals surface area contributed by atoms with Gasteiger partial charge < -0.3 is 83.9 Å². The maximum Gasteiger partial charge on any atom is 0.314 e. The molecule has 0 aromatic heterocycles. The first-order valence-corrected chi connectivity index (χ1v) is 69.8. The molecule has 0 aliphatic carbocycles. The van der Waals surface area contributed by atoms with Crippen molar-refractivity contribution in [3.63, 3.8) is 0 Å². The van der Waals surface area contributed by atoms with E-state index >= 15 is 0 Å². The lowest BCUT2D eigenvalue weighted by Gasteiger charge is -2.38. The highest BCUT2D eigenvalue weighted by Crippen LogP contribution is 2.29. The van der Waals surface area contributed by atoms with Gasteiger partial charge in [0.05, 0.1) is 39.6 Å². The summed E-state index contributed by atoms with van der Waals surface area (Å²) in [4.78, 5) is 0. The minimum absolute atomic E-state index is 0.0888. The summed E-state index contributed by atoms with van der Waals surface area (Å²) in [6.45, 7) is 62.6. The molecule has 0 aromatic carbocycles. The first-order valence-electron chi connectivity index (χ1n) is 32.4. The monoisotopic (exact) mass is 1440 g/mol. The molecule has 30 heteroatoms. The van der Waals surface area contributed by atoms with Crippen LogP contribution in [-0.4, -0.2) is 234 Å². The number of aliphatic hydroxyl groups is 8. The molecule has 86 heavy (non-hydrogen) atoms. The van der Waals surface area contributed by atoms with Gasteiger partial charge in [0.25, 0.3) is 0 Å². The minimum Gasteiger partial charge on any atom is -0.455 e. The average Bonchev–Trinajstić information content (AvgIpc) is 3.32. The molecule has 0 radical (unpaired) electrons. The predicted molar refractivity (Wildman–Crippen MR) is 394 cm³/mol. The van der Waals surface area contributed by atoms with E-state index in [1.165, 1.54) is 0 Å². The van der Waals surface area contributed by atoms with Crippen LogP contribution in [0.25, 0.3) is 0 Å². The Bertz CT molecular complexity index is 1440. The quantitative estimate of drug-likeness (QED) is 0.0208. The molecule has 0 atom stereocenters. The Morgan fingerprint density at radius 1 is 0.186 bits per heavy atom. The third-order valence-corrected chi connectivity index (χ3v) is 53.9. The molecule has 0 spiro atoms. The van der Waals surface area contributed by atoms with E-state index in [2.05, 4.69) is 170 Å². The van der Waals surface area contributed by atoms with E-state index in [4.69, 9.17) is 83.9 Å². The largest absolute Gasteiger partial charge is 0.455 e. The topological polar surface area (TPSA) is 254 Å². The van der Waals surface area contributed by atoms with Crippen LogP contribution >= 0.6 is 0 Å². The van der Waals surface area contributed by atoms with Gasteiger partial charge in [-0.2, -0.15) is 0 Å². The van der Waals surface area contributed by atoms with Crippen LogP contribution in [-0.2, 0) is 43.0 Å². The number of hydrogen-bond acceptors (Lipinski definition) is 18. The molecule has 0 saturated carbocycles. The molecule has 0 bridgehead atoms. The molecule has 0 fully saturated rings. The Labute approximate surface area is 543 Å². The van der Waals surface area contributed by atoms with Gasteiger partial charge in [0.15, 0.2) is 83.2 Å². The molecular weight excluding hydrogens is 1300 g/mol. The molecular formula is C56H146O18Si12. The van der Waals surface area contributed by atoms with Crippen molar-refractivity contribution in [1.29, 1.82) is 0 Å². The van der Waals surface area contributed by atoms with Crippen LogP contribution in [0.4, 0.5) is 0 Å². The van der Waals surface area contributed by atoms with Gasteiger partial charge in [-0.3, -0.25) is 0 Å². The molecule has 0 aromatic rings. The highest BCUT2D eigenvalue weighted by molar-refractivity contribution is 6.89. The lowest BCUT2D eigenvalue weighted by Crippen LogP contribution is -2.52. The van der Waals surface area contributed by atoms with Crippen LogP contribution in [0.1, 0.15) is 51.4 Å². The van der Waals surface area contributed by atoms with Crippen molar-refractivity contribution in [3.8, 4) is 0 Å². The summed E-state index contributed by atoms with van der Waals surface area (Å²) in [6.07, 6.45) is 7.14. The lowest BCUT2D eigenvalue weighted by molar-refractivity contribution is 0.0919. The van der Waals surface area contributed by atoms with Crippen LogP contribution in [0.3, 0.4) is 0 Å². The van der Waals surface area contributed by atoms with Crippen LogP contribution in [0, 0.1) is 0 Å². The molecule has 0 unspecified atom stereocenters. The first kappa shape index (κ1) is 96.6. The highest BCUT2D eigenvalue weighted by Gasteiger charge is 2.41. The Morgan fingerprint density at radius 3 is 0.523 bits per heavy atom. The Hall–Kier alpha value is 1.88. The third kappa shape index (κ3) is 71.7. The van der Waals surface area contributed by atoms with Gasteiger partial charge in [-0.15, -0.1) is 0 Å². The molecule has 0 saturated heterocycles. The summed E-state index contributed by atoms with van der Waals surface area (Å²) in [5.41, 5.74) is 0. The van der Waals surface area contributed by atoms with E-state index in [9.17, 15) is 0 Å². The van der Waals surface area contributed by atoms with Crippen molar-refractivity contribution >= 4 is 100 Å². The number of hydrogen-bond donors (Lipinski definition) is 8. The summed E-state index contributed by atoms with van der Waals surface area (Å²) < 4.78 is 60.4. The Kier molecular flexibility index (Phi) is 55.5. The van der Waals surface area contributed by atoms with Gasteiger partial charge in [0.1, 0.15) is 0 Å². The van der Waals surface area contributed by atoms with E-state index in [1.807, 2.05) is 0 Å². The van der Waals surface area contributed by atoms with E-state index in [-0.39, 0.29) is 52.9 Å². The number of ether oxygens (including phenoxy) is 3. The van der Waals surface area contributed by atoms with Crippen molar-refractivity contribution in [2.75, 3.05) is 92.5 Å². The van der Waals surface area contributed by atoms with Gasteiger partial charge >= 0.3 is 17.1 Å². The fourth-order valence-corrected chi connectivity index (χ4v) is 61.5. The normalized spacial score (nSPS) is 13.5. The minimum atomic E-state index is -2.10. The summed E-state index contributed by atoms with van der Waals surface area (Å²) in [5, 5.41) is 70.2. The second-order valence-corrected chi connectivity index (χ2v) is 82.7. The molecule has 18 nitrogen and oxygen atoms in total. The van der Waals surface area contributed by atoms with Crippen LogP contribution in [0.2, 0.25) is 219 Å².